The third-order valence-electron chi connectivity index (χ3n) is 4.45. The minimum atomic E-state index is 0.0617. The summed E-state index contributed by atoms with van der Waals surface area (Å²) in [5, 5.41) is 10.7. The van der Waals surface area contributed by atoms with Crippen LogP contribution in [0.25, 0.3) is 10.4 Å². The van der Waals surface area contributed by atoms with E-state index in [1.807, 2.05) is 11.6 Å². The molecule has 1 aromatic carbocycles. The largest absolute Gasteiger partial charge is 0.370 e. The van der Waals surface area contributed by atoms with Crippen LogP contribution >= 0.6 is 11.3 Å². The second-order valence-corrected chi connectivity index (χ2v) is 6.90. The van der Waals surface area contributed by atoms with Crippen molar-refractivity contribution < 1.29 is 4.74 Å². The van der Waals surface area contributed by atoms with Gasteiger partial charge in [0.15, 0.2) is 0 Å². The number of thiazole rings is 1. The summed E-state index contributed by atoms with van der Waals surface area (Å²) < 4.78 is 5.84. The number of hydrogen-bond acceptors (Lipinski definition) is 5. The molecule has 0 amide bonds. The van der Waals surface area contributed by atoms with Crippen molar-refractivity contribution in [2.45, 2.75) is 32.0 Å². The fraction of sp³-hybridized carbons (Fsp3) is 0.333. The number of nitrogens with one attached hydrogen (secondary N) is 2. The van der Waals surface area contributed by atoms with Gasteiger partial charge in [-0.1, -0.05) is 24.3 Å². The predicted molar refractivity (Wildman–Crippen MR) is 94.8 cm³/mol. The molecule has 5 nitrogen and oxygen atoms in total. The lowest BCUT2D eigenvalue weighted by Gasteiger charge is -2.18. The molecule has 3 heterocycles. The van der Waals surface area contributed by atoms with Crippen LogP contribution in [0.2, 0.25) is 0 Å². The number of ether oxygens (including phenoxy) is 1. The fourth-order valence-electron chi connectivity index (χ4n) is 3.13. The number of nitrogens with zero attached hydrogens (tertiary/aromatic N) is 2. The summed E-state index contributed by atoms with van der Waals surface area (Å²) in [6.45, 7) is 3.67. The summed E-state index contributed by atoms with van der Waals surface area (Å²) in [4.78, 5) is 5.57. The van der Waals surface area contributed by atoms with Crippen LogP contribution in [0.4, 0.5) is 0 Å². The fourth-order valence-corrected chi connectivity index (χ4v) is 3.94. The molecule has 1 saturated heterocycles. The van der Waals surface area contributed by atoms with E-state index >= 15 is 0 Å². The van der Waals surface area contributed by atoms with Crippen molar-refractivity contribution >= 4 is 11.3 Å². The zero-order valence-corrected chi connectivity index (χ0v) is 14.3. The van der Waals surface area contributed by atoms with E-state index in [-0.39, 0.29) is 6.10 Å². The molecule has 0 bridgehead atoms. The van der Waals surface area contributed by atoms with Gasteiger partial charge in [-0.2, -0.15) is 5.10 Å². The summed E-state index contributed by atoms with van der Waals surface area (Å²) in [6, 6.07) is 11.0. The van der Waals surface area contributed by atoms with E-state index in [1.165, 1.54) is 16.0 Å². The molecule has 4 rings (SSSR count). The van der Waals surface area contributed by atoms with Crippen LogP contribution in [0.15, 0.2) is 42.0 Å². The molecule has 1 aliphatic heterocycles. The summed E-state index contributed by atoms with van der Waals surface area (Å²) in [6.07, 6.45) is 2.85. The monoisotopic (exact) mass is 340 g/mol. The number of aryl methyl sites for hydroxylation is 1. The maximum Gasteiger partial charge on any atom is 0.114 e. The highest BCUT2D eigenvalue weighted by Gasteiger charge is 2.30. The highest BCUT2D eigenvalue weighted by Crippen LogP contribution is 2.29. The van der Waals surface area contributed by atoms with Gasteiger partial charge in [0.2, 0.25) is 0 Å². The van der Waals surface area contributed by atoms with Gasteiger partial charge in [-0.05, 0) is 30.5 Å². The van der Waals surface area contributed by atoms with Gasteiger partial charge in [0.25, 0.3) is 0 Å². The molecule has 0 spiro atoms. The molecule has 3 aromatic rings. The van der Waals surface area contributed by atoms with Crippen LogP contribution in [0.5, 0.6) is 0 Å². The average Bonchev–Trinajstić information content (AvgIpc) is 3.34. The molecule has 24 heavy (non-hydrogen) atoms. The molecule has 124 valence electrons. The lowest BCUT2D eigenvalue weighted by Crippen LogP contribution is -2.31. The van der Waals surface area contributed by atoms with E-state index in [4.69, 9.17) is 4.74 Å². The summed E-state index contributed by atoms with van der Waals surface area (Å²) >= 11 is 1.69. The van der Waals surface area contributed by atoms with Crippen molar-refractivity contribution in [2.75, 3.05) is 6.61 Å². The molecular formula is C18H20N4OS. The molecule has 1 fully saturated rings. The van der Waals surface area contributed by atoms with Gasteiger partial charge >= 0.3 is 0 Å². The van der Waals surface area contributed by atoms with Crippen LogP contribution in [-0.4, -0.2) is 27.8 Å². The Balaban J connectivity index is 1.40. The third-order valence-corrected chi connectivity index (χ3v) is 5.43. The Kier molecular flexibility index (Phi) is 4.42. The SMILES string of the molecule is Cc1ncsc1-c1ccc(CN[C@@H]2CCO[C@H]2c2ccn[nH]2)cc1. The molecule has 0 saturated carbocycles. The highest BCUT2D eigenvalue weighted by molar-refractivity contribution is 7.13. The first-order valence-electron chi connectivity index (χ1n) is 8.15. The number of H-pyrrole nitrogens is 1. The molecule has 0 aliphatic carbocycles. The topological polar surface area (TPSA) is 62.8 Å². The first-order valence-corrected chi connectivity index (χ1v) is 9.03. The summed E-state index contributed by atoms with van der Waals surface area (Å²) in [7, 11) is 0. The van der Waals surface area contributed by atoms with Crippen LogP contribution in [0, 0.1) is 6.92 Å². The van der Waals surface area contributed by atoms with Crippen molar-refractivity contribution in [3.05, 3.63) is 59.0 Å². The second kappa shape index (κ2) is 6.84. The smallest absolute Gasteiger partial charge is 0.114 e. The molecule has 2 atom stereocenters. The lowest BCUT2D eigenvalue weighted by molar-refractivity contribution is 0.0950. The molecule has 2 N–H and O–H groups in total. The Labute approximate surface area is 145 Å². The Morgan fingerprint density at radius 2 is 2.17 bits per heavy atom. The van der Waals surface area contributed by atoms with Crippen molar-refractivity contribution in [3.63, 3.8) is 0 Å². The van der Waals surface area contributed by atoms with Crippen molar-refractivity contribution in [1.29, 1.82) is 0 Å². The number of hydrogen-bond donors (Lipinski definition) is 2. The first kappa shape index (κ1) is 15.5. The molecule has 0 radical (unpaired) electrons. The average molecular weight is 340 g/mol. The van der Waals surface area contributed by atoms with E-state index < -0.39 is 0 Å². The van der Waals surface area contributed by atoms with Crippen LogP contribution in [0.1, 0.15) is 29.5 Å². The van der Waals surface area contributed by atoms with Gasteiger partial charge in [0.1, 0.15) is 6.10 Å². The minimum Gasteiger partial charge on any atom is -0.370 e. The summed E-state index contributed by atoms with van der Waals surface area (Å²) in [5.74, 6) is 0. The lowest BCUT2D eigenvalue weighted by atomic mass is 10.1. The van der Waals surface area contributed by atoms with Crippen LogP contribution in [-0.2, 0) is 11.3 Å². The normalized spacial score (nSPS) is 20.5. The summed E-state index contributed by atoms with van der Waals surface area (Å²) in [5.41, 5.74) is 6.54. The number of benzene rings is 1. The third kappa shape index (κ3) is 3.13. The maximum atomic E-state index is 5.84. The van der Waals surface area contributed by atoms with E-state index in [2.05, 4.69) is 51.7 Å². The van der Waals surface area contributed by atoms with Crippen molar-refractivity contribution in [3.8, 4) is 10.4 Å². The van der Waals surface area contributed by atoms with Crippen molar-refractivity contribution in [2.24, 2.45) is 0 Å². The predicted octanol–water partition coefficient (Wildman–Crippen LogP) is 3.46. The quantitative estimate of drug-likeness (QED) is 0.747. The number of rotatable bonds is 5. The van der Waals surface area contributed by atoms with Gasteiger partial charge < -0.3 is 10.1 Å². The first-order chi connectivity index (χ1) is 11.8. The van der Waals surface area contributed by atoms with E-state index in [0.29, 0.717) is 6.04 Å². The standard InChI is InChI=1S/C18H20N4OS/c1-12-18(24-11-20-12)14-4-2-13(3-5-14)10-19-15-7-9-23-17(15)16-6-8-21-22-16/h2-6,8,11,15,17,19H,7,9-10H2,1H3,(H,21,22)/t15-,17-/m1/s1. The Morgan fingerprint density at radius 3 is 2.88 bits per heavy atom. The maximum absolute atomic E-state index is 5.84. The molecule has 2 aromatic heterocycles. The van der Waals surface area contributed by atoms with Crippen molar-refractivity contribution in [1.82, 2.24) is 20.5 Å². The number of aromatic nitrogens is 3. The Bertz CT molecular complexity index is 782. The van der Waals surface area contributed by atoms with E-state index in [9.17, 15) is 0 Å². The molecule has 0 unspecified atom stereocenters. The Hall–Kier alpha value is -2.02. The van der Waals surface area contributed by atoms with Gasteiger partial charge in [-0.3, -0.25) is 5.10 Å². The van der Waals surface area contributed by atoms with Gasteiger partial charge in [0, 0.05) is 25.4 Å². The van der Waals surface area contributed by atoms with Gasteiger partial charge in [-0.25, -0.2) is 4.98 Å². The van der Waals surface area contributed by atoms with Crippen LogP contribution in [0.3, 0.4) is 0 Å². The molecule has 1 aliphatic rings. The van der Waals surface area contributed by atoms with E-state index in [1.54, 1.807) is 17.5 Å². The van der Waals surface area contributed by atoms with Gasteiger partial charge in [-0.15, -0.1) is 11.3 Å². The molecule has 6 heteroatoms. The zero-order valence-electron chi connectivity index (χ0n) is 13.5. The van der Waals surface area contributed by atoms with Gasteiger partial charge in [0.05, 0.1) is 21.8 Å². The molecular weight excluding hydrogens is 320 g/mol. The highest BCUT2D eigenvalue weighted by atomic mass is 32.1. The Morgan fingerprint density at radius 1 is 1.29 bits per heavy atom. The number of aromatic amines is 1. The minimum absolute atomic E-state index is 0.0617. The second-order valence-electron chi connectivity index (χ2n) is 6.04. The zero-order chi connectivity index (χ0) is 16.4. The van der Waals surface area contributed by atoms with E-state index in [0.717, 1.165) is 31.0 Å². The van der Waals surface area contributed by atoms with Crippen LogP contribution < -0.4 is 5.32 Å².